The standard InChI is InChI=1S/C17H22N4O3/c1-21-15(9-10-19-21)12-18-17(24)20-14(7-8-16(22)23)11-13-5-3-2-4-6-13/h2-6,9-10,14H,7-8,11-12H2,1H3,(H,22,23)(H2,18,20,24). The number of hydrogen-bond donors (Lipinski definition) is 3. The van der Waals surface area contributed by atoms with Gasteiger partial charge in [0.15, 0.2) is 0 Å². The Balaban J connectivity index is 1.89. The van der Waals surface area contributed by atoms with E-state index in [2.05, 4.69) is 15.7 Å². The van der Waals surface area contributed by atoms with Gasteiger partial charge in [0.2, 0.25) is 0 Å². The molecule has 3 N–H and O–H groups in total. The fourth-order valence-corrected chi connectivity index (χ4v) is 2.40. The molecule has 24 heavy (non-hydrogen) atoms. The molecule has 1 aromatic carbocycles. The van der Waals surface area contributed by atoms with Crippen LogP contribution in [0, 0.1) is 0 Å². The second-order valence-electron chi connectivity index (χ2n) is 5.59. The lowest BCUT2D eigenvalue weighted by Crippen LogP contribution is -2.43. The lowest BCUT2D eigenvalue weighted by Gasteiger charge is -2.18. The van der Waals surface area contributed by atoms with Gasteiger partial charge in [-0.3, -0.25) is 9.48 Å². The van der Waals surface area contributed by atoms with Crippen LogP contribution in [0.1, 0.15) is 24.1 Å². The fraction of sp³-hybridized carbons (Fsp3) is 0.353. The Morgan fingerprint density at radius 1 is 1.25 bits per heavy atom. The monoisotopic (exact) mass is 330 g/mol. The number of nitrogens with one attached hydrogen (secondary N) is 2. The zero-order valence-corrected chi connectivity index (χ0v) is 13.6. The largest absolute Gasteiger partial charge is 0.481 e. The van der Waals surface area contributed by atoms with E-state index < -0.39 is 5.97 Å². The number of nitrogens with zero attached hydrogens (tertiary/aromatic N) is 2. The van der Waals surface area contributed by atoms with Crippen LogP contribution in [0.25, 0.3) is 0 Å². The predicted molar refractivity (Wildman–Crippen MR) is 89.4 cm³/mol. The normalized spacial score (nSPS) is 11.7. The molecule has 0 saturated heterocycles. The SMILES string of the molecule is Cn1nccc1CNC(=O)NC(CCC(=O)O)Cc1ccccc1. The van der Waals surface area contributed by atoms with Gasteiger partial charge in [-0.15, -0.1) is 0 Å². The van der Waals surface area contributed by atoms with E-state index >= 15 is 0 Å². The van der Waals surface area contributed by atoms with Crippen LogP contribution >= 0.6 is 0 Å². The van der Waals surface area contributed by atoms with Gasteiger partial charge in [0.25, 0.3) is 0 Å². The smallest absolute Gasteiger partial charge is 0.315 e. The number of amides is 2. The van der Waals surface area contributed by atoms with E-state index in [-0.39, 0.29) is 18.5 Å². The van der Waals surface area contributed by atoms with Crippen molar-refractivity contribution in [3.8, 4) is 0 Å². The van der Waals surface area contributed by atoms with Crippen molar-refractivity contribution in [3.63, 3.8) is 0 Å². The minimum Gasteiger partial charge on any atom is -0.481 e. The highest BCUT2D eigenvalue weighted by Crippen LogP contribution is 2.08. The molecule has 1 atom stereocenters. The third kappa shape index (κ3) is 5.75. The molecule has 2 amide bonds. The van der Waals surface area contributed by atoms with Crippen molar-refractivity contribution in [2.24, 2.45) is 7.05 Å². The zero-order valence-electron chi connectivity index (χ0n) is 13.6. The Morgan fingerprint density at radius 3 is 2.62 bits per heavy atom. The van der Waals surface area contributed by atoms with E-state index in [1.54, 1.807) is 17.9 Å². The molecule has 0 saturated carbocycles. The summed E-state index contributed by atoms with van der Waals surface area (Å²) in [6, 6.07) is 11.0. The van der Waals surface area contributed by atoms with Gasteiger partial charge in [0.1, 0.15) is 0 Å². The number of urea groups is 1. The van der Waals surface area contributed by atoms with E-state index in [1.165, 1.54) is 0 Å². The molecular formula is C17H22N4O3. The van der Waals surface area contributed by atoms with Gasteiger partial charge >= 0.3 is 12.0 Å². The van der Waals surface area contributed by atoms with Crippen molar-refractivity contribution in [2.45, 2.75) is 31.8 Å². The molecule has 0 aliphatic carbocycles. The summed E-state index contributed by atoms with van der Waals surface area (Å²) in [6.45, 7) is 0.360. The van der Waals surface area contributed by atoms with E-state index in [0.717, 1.165) is 11.3 Å². The lowest BCUT2D eigenvalue weighted by atomic mass is 10.0. The molecule has 7 heteroatoms. The van der Waals surface area contributed by atoms with Gasteiger partial charge in [0, 0.05) is 25.7 Å². The van der Waals surface area contributed by atoms with E-state index in [4.69, 9.17) is 5.11 Å². The lowest BCUT2D eigenvalue weighted by molar-refractivity contribution is -0.137. The third-order valence-electron chi connectivity index (χ3n) is 3.72. The number of carbonyl (C=O) groups is 2. The molecule has 0 fully saturated rings. The number of carboxylic acid groups (broad SMARTS) is 1. The summed E-state index contributed by atoms with van der Waals surface area (Å²) in [7, 11) is 1.81. The highest BCUT2D eigenvalue weighted by atomic mass is 16.4. The Morgan fingerprint density at radius 2 is 2.00 bits per heavy atom. The summed E-state index contributed by atoms with van der Waals surface area (Å²) in [5, 5.41) is 18.6. The van der Waals surface area contributed by atoms with Crippen molar-refractivity contribution in [1.82, 2.24) is 20.4 Å². The molecule has 128 valence electrons. The van der Waals surface area contributed by atoms with Gasteiger partial charge in [-0.2, -0.15) is 5.10 Å². The molecule has 0 bridgehead atoms. The first-order valence-corrected chi connectivity index (χ1v) is 7.81. The van der Waals surface area contributed by atoms with Crippen LogP contribution in [0.15, 0.2) is 42.6 Å². The second kappa shape index (κ2) is 8.71. The van der Waals surface area contributed by atoms with Gasteiger partial charge in [-0.1, -0.05) is 30.3 Å². The maximum atomic E-state index is 12.1. The molecule has 2 aromatic rings. The Kier molecular flexibility index (Phi) is 6.36. The number of aromatic nitrogens is 2. The van der Waals surface area contributed by atoms with Crippen molar-refractivity contribution in [1.29, 1.82) is 0 Å². The molecule has 0 spiro atoms. The Hall–Kier alpha value is -2.83. The van der Waals surface area contributed by atoms with Crippen LogP contribution in [0.4, 0.5) is 4.79 Å². The molecule has 1 aromatic heterocycles. The number of carbonyl (C=O) groups excluding carboxylic acids is 1. The van der Waals surface area contributed by atoms with Crippen molar-refractivity contribution in [2.75, 3.05) is 0 Å². The zero-order chi connectivity index (χ0) is 17.4. The molecule has 0 radical (unpaired) electrons. The number of benzene rings is 1. The highest BCUT2D eigenvalue weighted by Gasteiger charge is 2.15. The van der Waals surface area contributed by atoms with Crippen LogP contribution in [-0.4, -0.2) is 32.9 Å². The van der Waals surface area contributed by atoms with Gasteiger partial charge in [-0.05, 0) is 24.5 Å². The van der Waals surface area contributed by atoms with Crippen LogP contribution in [0.3, 0.4) is 0 Å². The fourth-order valence-electron chi connectivity index (χ4n) is 2.40. The number of aryl methyl sites for hydroxylation is 1. The first-order chi connectivity index (χ1) is 11.5. The van der Waals surface area contributed by atoms with Gasteiger partial charge < -0.3 is 15.7 Å². The molecule has 1 heterocycles. The number of hydrogen-bond acceptors (Lipinski definition) is 3. The summed E-state index contributed by atoms with van der Waals surface area (Å²) in [4.78, 5) is 22.9. The molecule has 2 rings (SSSR count). The van der Waals surface area contributed by atoms with Crippen molar-refractivity contribution in [3.05, 3.63) is 53.9 Å². The van der Waals surface area contributed by atoms with E-state index in [0.29, 0.717) is 19.4 Å². The summed E-state index contributed by atoms with van der Waals surface area (Å²) in [5.41, 5.74) is 1.94. The van der Waals surface area contributed by atoms with E-state index in [1.807, 2.05) is 36.4 Å². The average Bonchev–Trinajstić information content (AvgIpc) is 2.97. The van der Waals surface area contributed by atoms with Crippen molar-refractivity contribution < 1.29 is 14.7 Å². The van der Waals surface area contributed by atoms with Gasteiger partial charge in [0.05, 0.1) is 12.2 Å². The summed E-state index contributed by atoms with van der Waals surface area (Å²) >= 11 is 0. The maximum Gasteiger partial charge on any atom is 0.315 e. The van der Waals surface area contributed by atoms with Gasteiger partial charge in [-0.25, -0.2) is 4.79 Å². The predicted octanol–water partition coefficient (Wildman–Crippen LogP) is 1.70. The minimum atomic E-state index is -0.870. The molecular weight excluding hydrogens is 308 g/mol. The number of aliphatic carboxylic acids is 1. The number of rotatable bonds is 8. The van der Waals surface area contributed by atoms with Crippen molar-refractivity contribution >= 4 is 12.0 Å². The first-order valence-electron chi connectivity index (χ1n) is 7.81. The van der Waals surface area contributed by atoms with Crippen LogP contribution in [-0.2, 0) is 24.8 Å². The molecule has 0 aliphatic heterocycles. The summed E-state index contributed by atoms with van der Waals surface area (Å²) < 4.78 is 1.69. The van der Waals surface area contributed by atoms with Crippen LogP contribution in [0.2, 0.25) is 0 Å². The van der Waals surface area contributed by atoms with E-state index in [9.17, 15) is 9.59 Å². The first kappa shape index (κ1) is 17.5. The number of carboxylic acids is 1. The Labute approximate surface area is 140 Å². The topological polar surface area (TPSA) is 96.3 Å². The summed E-state index contributed by atoms with van der Waals surface area (Å²) in [5.74, 6) is -0.870. The quantitative estimate of drug-likeness (QED) is 0.686. The van der Waals surface area contributed by atoms with Crippen LogP contribution in [0.5, 0.6) is 0 Å². The molecule has 0 aliphatic rings. The Bertz CT molecular complexity index is 669. The molecule has 7 nitrogen and oxygen atoms in total. The minimum absolute atomic E-state index is 0.0134. The summed E-state index contributed by atoms with van der Waals surface area (Å²) in [6.07, 6.45) is 2.65. The maximum absolute atomic E-state index is 12.1. The highest BCUT2D eigenvalue weighted by molar-refractivity contribution is 5.74. The van der Waals surface area contributed by atoms with Crippen LogP contribution < -0.4 is 10.6 Å². The second-order valence-corrected chi connectivity index (χ2v) is 5.59. The third-order valence-corrected chi connectivity index (χ3v) is 3.72. The average molecular weight is 330 g/mol. The molecule has 1 unspecified atom stereocenters.